The van der Waals surface area contributed by atoms with Crippen molar-refractivity contribution in [2.45, 2.75) is 38.6 Å². The number of rotatable bonds is 3. The van der Waals surface area contributed by atoms with Crippen LogP contribution in [0.15, 0.2) is 16.7 Å². The van der Waals surface area contributed by atoms with Crippen molar-refractivity contribution < 1.29 is 14.0 Å². The van der Waals surface area contributed by atoms with Gasteiger partial charge in [0.2, 0.25) is 5.91 Å². The molecule has 0 spiro atoms. The van der Waals surface area contributed by atoms with Crippen LogP contribution in [0.1, 0.15) is 41.8 Å². The molecular formula is C22H34N4O3. The topological polar surface area (TPSA) is 60.2 Å². The number of piperidine rings is 2. The lowest BCUT2D eigenvalue weighted by Crippen LogP contribution is -2.54. The Labute approximate surface area is 173 Å². The Morgan fingerprint density at radius 1 is 0.966 bits per heavy atom. The second kappa shape index (κ2) is 8.88. The molecule has 1 atom stereocenters. The third-order valence-electron chi connectivity index (χ3n) is 6.97. The van der Waals surface area contributed by atoms with Crippen molar-refractivity contribution in [1.29, 1.82) is 0 Å². The highest BCUT2D eigenvalue weighted by Crippen LogP contribution is 2.26. The minimum atomic E-state index is 0.0801. The van der Waals surface area contributed by atoms with Gasteiger partial charge in [0, 0.05) is 51.9 Å². The fraction of sp³-hybridized carbons (Fsp3) is 0.727. The van der Waals surface area contributed by atoms with Crippen LogP contribution in [-0.2, 0) is 4.79 Å². The van der Waals surface area contributed by atoms with Crippen LogP contribution in [0.3, 0.4) is 0 Å². The third-order valence-corrected chi connectivity index (χ3v) is 6.97. The van der Waals surface area contributed by atoms with Crippen molar-refractivity contribution in [2.24, 2.45) is 5.92 Å². The molecule has 2 amide bonds. The maximum atomic E-state index is 13.0. The van der Waals surface area contributed by atoms with Gasteiger partial charge in [-0.05, 0) is 52.3 Å². The second-order valence-corrected chi connectivity index (χ2v) is 8.88. The molecule has 0 saturated carbocycles. The number of carbonyl (C=O) groups excluding carboxylic acids is 2. The Hall–Kier alpha value is -1.86. The van der Waals surface area contributed by atoms with Gasteiger partial charge < -0.3 is 19.1 Å². The van der Waals surface area contributed by atoms with E-state index in [9.17, 15) is 9.59 Å². The second-order valence-electron chi connectivity index (χ2n) is 8.88. The van der Waals surface area contributed by atoms with E-state index in [4.69, 9.17) is 4.42 Å². The molecule has 29 heavy (non-hydrogen) atoms. The normalized spacial score (nSPS) is 25.4. The van der Waals surface area contributed by atoms with Gasteiger partial charge >= 0.3 is 0 Å². The number of likely N-dealkylation sites (tertiary alicyclic amines) is 2. The first kappa shape index (κ1) is 20.4. The van der Waals surface area contributed by atoms with Crippen molar-refractivity contribution in [3.05, 3.63) is 23.7 Å². The minimum absolute atomic E-state index is 0.0801. The molecule has 0 unspecified atom stereocenters. The molecule has 0 aliphatic carbocycles. The van der Waals surface area contributed by atoms with Gasteiger partial charge in [-0.2, -0.15) is 0 Å². The van der Waals surface area contributed by atoms with Crippen molar-refractivity contribution in [2.75, 3.05) is 59.4 Å². The number of aryl methyl sites for hydroxylation is 1. The number of furan rings is 1. The molecule has 3 fully saturated rings. The number of likely N-dealkylation sites (N-methyl/N-ethyl adjacent to an activating group) is 1. The molecule has 0 bridgehead atoms. The lowest BCUT2D eigenvalue weighted by Gasteiger charge is -2.43. The molecule has 0 radical (unpaired) electrons. The van der Waals surface area contributed by atoms with E-state index in [1.165, 1.54) is 0 Å². The predicted molar refractivity (Wildman–Crippen MR) is 111 cm³/mol. The summed E-state index contributed by atoms with van der Waals surface area (Å²) >= 11 is 0. The monoisotopic (exact) mass is 402 g/mol. The summed E-state index contributed by atoms with van der Waals surface area (Å²) in [6.07, 6.45) is 5.66. The number of piperazine rings is 1. The summed E-state index contributed by atoms with van der Waals surface area (Å²) in [5.41, 5.74) is 0.680. The first-order chi connectivity index (χ1) is 14.0. The van der Waals surface area contributed by atoms with E-state index in [1.54, 1.807) is 12.3 Å². The summed E-state index contributed by atoms with van der Waals surface area (Å²) in [4.78, 5) is 34.5. The Bertz CT molecular complexity index is 717. The lowest BCUT2D eigenvalue weighted by atomic mass is 9.92. The molecule has 3 saturated heterocycles. The quantitative estimate of drug-likeness (QED) is 0.770. The van der Waals surface area contributed by atoms with Gasteiger partial charge in [0.05, 0.1) is 17.7 Å². The molecule has 7 heteroatoms. The van der Waals surface area contributed by atoms with Crippen molar-refractivity contribution in [3.8, 4) is 0 Å². The van der Waals surface area contributed by atoms with Crippen LogP contribution in [0.25, 0.3) is 0 Å². The van der Waals surface area contributed by atoms with Gasteiger partial charge in [-0.15, -0.1) is 0 Å². The Kier molecular flexibility index (Phi) is 6.25. The molecule has 4 heterocycles. The Balaban J connectivity index is 1.29. The van der Waals surface area contributed by atoms with Crippen LogP contribution < -0.4 is 0 Å². The fourth-order valence-electron chi connectivity index (χ4n) is 5.04. The van der Waals surface area contributed by atoms with E-state index in [0.717, 1.165) is 78.0 Å². The zero-order valence-electron chi connectivity index (χ0n) is 17.8. The van der Waals surface area contributed by atoms with E-state index < -0.39 is 0 Å². The lowest BCUT2D eigenvalue weighted by molar-refractivity contribution is -0.139. The molecule has 3 aliphatic heterocycles. The highest BCUT2D eigenvalue weighted by molar-refractivity contribution is 5.95. The average Bonchev–Trinajstić information content (AvgIpc) is 3.19. The standard InChI is InChI=1S/C22H34N4O3/c1-17-20(7-15-29-17)22(28)24-9-5-19(6-10-24)26-8-3-4-18(16-26)21(27)25-13-11-23(2)12-14-25/h7,15,18-19H,3-6,8-14,16H2,1-2H3/t18-/m0/s1. The highest BCUT2D eigenvalue weighted by atomic mass is 16.3. The molecule has 160 valence electrons. The third kappa shape index (κ3) is 4.51. The van der Waals surface area contributed by atoms with E-state index in [1.807, 2.05) is 11.8 Å². The van der Waals surface area contributed by atoms with Crippen LogP contribution in [0, 0.1) is 12.8 Å². The molecule has 0 N–H and O–H groups in total. The average molecular weight is 403 g/mol. The predicted octanol–water partition coefficient (Wildman–Crippen LogP) is 1.68. The van der Waals surface area contributed by atoms with Crippen LogP contribution in [-0.4, -0.2) is 96.9 Å². The van der Waals surface area contributed by atoms with Crippen molar-refractivity contribution in [3.63, 3.8) is 0 Å². The molecule has 0 aromatic carbocycles. The summed E-state index contributed by atoms with van der Waals surface area (Å²) < 4.78 is 5.29. The number of hydrogen-bond acceptors (Lipinski definition) is 5. The van der Waals surface area contributed by atoms with Crippen LogP contribution in [0.5, 0.6) is 0 Å². The summed E-state index contributed by atoms with van der Waals surface area (Å²) in [6.45, 7) is 9.03. The zero-order chi connectivity index (χ0) is 20.4. The zero-order valence-corrected chi connectivity index (χ0v) is 17.8. The number of hydrogen-bond donors (Lipinski definition) is 0. The largest absolute Gasteiger partial charge is 0.469 e. The smallest absolute Gasteiger partial charge is 0.257 e. The van der Waals surface area contributed by atoms with Gasteiger partial charge in [-0.1, -0.05) is 0 Å². The summed E-state index contributed by atoms with van der Waals surface area (Å²) in [5, 5.41) is 0. The van der Waals surface area contributed by atoms with Gasteiger partial charge in [0.25, 0.3) is 5.91 Å². The number of carbonyl (C=O) groups is 2. The Morgan fingerprint density at radius 3 is 2.34 bits per heavy atom. The van der Waals surface area contributed by atoms with Crippen LogP contribution in [0.2, 0.25) is 0 Å². The van der Waals surface area contributed by atoms with Crippen molar-refractivity contribution in [1.82, 2.24) is 19.6 Å². The molecular weight excluding hydrogens is 368 g/mol. The van der Waals surface area contributed by atoms with Crippen molar-refractivity contribution >= 4 is 11.8 Å². The molecule has 4 rings (SSSR count). The first-order valence-corrected chi connectivity index (χ1v) is 11.1. The summed E-state index contributed by atoms with van der Waals surface area (Å²) in [6, 6.07) is 2.25. The molecule has 7 nitrogen and oxygen atoms in total. The fourth-order valence-corrected chi connectivity index (χ4v) is 5.04. The molecule has 3 aliphatic rings. The molecule has 1 aromatic rings. The number of amides is 2. The maximum absolute atomic E-state index is 13.0. The minimum Gasteiger partial charge on any atom is -0.469 e. The van der Waals surface area contributed by atoms with Gasteiger partial charge in [-0.3, -0.25) is 14.5 Å². The Morgan fingerprint density at radius 2 is 1.69 bits per heavy atom. The van der Waals surface area contributed by atoms with Crippen LogP contribution >= 0.6 is 0 Å². The maximum Gasteiger partial charge on any atom is 0.257 e. The highest BCUT2D eigenvalue weighted by Gasteiger charge is 2.35. The van der Waals surface area contributed by atoms with E-state index in [0.29, 0.717) is 23.3 Å². The van der Waals surface area contributed by atoms with E-state index in [2.05, 4.69) is 21.7 Å². The summed E-state index contributed by atoms with van der Waals surface area (Å²) in [7, 11) is 2.12. The molecule has 1 aromatic heterocycles. The SMILES string of the molecule is Cc1occc1C(=O)N1CCC(N2CCC[C@H](C(=O)N3CCN(C)CC3)C2)CC1. The van der Waals surface area contributed by atoms with Gasteiger partial charge in [0.1, 0.15) is 5.76 Å². The summed E-state index contributed by atoms with van der Waals surface area (Å²) in [5.74, 6) is 1.26. The van der Waals surface area contributed by atoms with E-state index >= 15 is 0 Å². The first-order valence-electron chi connectivity index (χ1n) is 11.1. The van der Waals surface area contributed by atoms with Gasteiger partial charge in [-0.25, -0.2) is 0 Å². The van der Waals surface area contributed by atoms with E-state index in [-0.39, 0.29) is 11.8 Å². The van der Waals surface area contributed by atoms with Gasteiger partial charge in [0.15, 0.2) is 0 Å². The number of nitrogens with zero attached hydrogens (tertiary/aromatic N) is 4. The van der Waals surface area contributed by atoms with Crippen LogP contribution in [0.4, 0.5) is 0 Å².